The van der Waals surface area contributed by atoms with Crippen molar-refractivity contribution in [3.8, 4) is 5.75 Å². The molecule has 1 aliphatic rings. The van der Waals surface area contributed by atoms with Crippen molar-refractivity contribution in [3.05, 3.63) is 35.1 Å². The van der Waals surface area contributed by atoms with Crippen molar-refractivity contribution >= 4 is 23.4 Å². The van der Waals surface area contributed by atoms with Crippen molar-refractivity contribution in [1.82, 2.24) is 20.1 Å². The number of nitrogens with one attached hydrogen (secondary N) is 1. The molecular weight excluding hydrogens is 344 g/mol. The second-order valence-electron chi connectivity index (χ2n) is 6.01. The summed E-state index contributed by atoms with van der Waals surface area (Å²) in [7, 11) is 2.05. The van der Waals surface area contributed by atoms with Crippen LogP contribution in [0.25, 0.3) is 0 Å². The van der Waals surface area contributed by atoms with Crippen LogP contribution in [0.2, 0.25) is 5.02 Å². The fourth-order valence-electron chi connectivity index (χ4n) is 2.82. The molecule has 1 fully saturated rings. The van der Waals surface area contributed by atoms with Gasteiger partial charge in [0.1, 0.15) is 11.6 Å². The van der Waals surface area contributed by atoms with E-state index in [9.17, 15) is 0 Å². The lowest BCUT2D eigenvalue weighted by molar-refractivity contribution is 0.344. The molecule has 24 heavy (non-hydrogen) atoms. The third-order valence-corrected chi connectivity index (χ3v) is 5.49. The number of rotatable bonds is 7. The number of halogens is 1. The van der Waals surface area contributed by atoms with E-state index in [1.165, 1.54) is 12.8 Å². The van der Waals surface area contributed by atoms with Crippen LogP contribution in [-0.4, -0.2) is 40.2 Å². The van der Waals surface area contributed by atoms with Gasteiger partial charge in [0, 0.05) is 24.2 Å². The number of benzene rings is 1. The van der Waals surface area contributed by atoms with Crippen LogP contribution in [0.5, 0.6) is 5.75 Å². The molecule has 1 aromatic carbocycles. The van der Waals surface area contributed by atoms with Gasteiger partial charge in [0.2, 0.25) is 0 Å². The molecule has 1 saturated heterocycles. The Labute approximate surface area is 152 Å². The Balaban J connectivity index is 1.44. The molecular formula is C17H23ClN4OS. The van der Waals surface area contributed by atoms with Gasteiger partial charge in [0.15, 0.2) is 5.16 Å². The highest BCUT2D eigenvalue weighted by Gasteiger charge is 2.17. The molecule has 0 atom stereocenters. The highest BCUT2D eigenvalue weighted by Crippen LogP contribution is 2.21. The van der Waals surface area contributed by atoms with Crippen molar-refractivity contribution in [2.75, 3.05) is 25.4 Å². The summed E-state index contributed by atoms with van der Waals surface area (Å²) in [4.78, 5) is 0. The average Bonchev–Trinajstić information content (AvgIpc) is 2.94. The number of ether oxygens (including phenoxy) is 1. The minimum absolute atomic E-state index is 0.628. The van der Waals surface area contributed by atoms with E-state index in [-0.39, 0.29) is 0 Å². The first-order valence-corrected chi connectivity index (χ1v) is 9.69. The first kappa shape index (κ1) is 17.6. The number of hydrogen-bond acceptors (Lipinski definition) is 5. The van der Waals surface area contributed by atoms with Crippen LogP contribution in [0.3, 0.4) is 0 Å². The molecule has 0 bridgehead atoms. The average molecular weight is 367 g/mol. The van der Waals surface area contributed by atoms with Crippen molar-refractivity contribution < 1.29 is 4.74 Å². The number of aromatic nitrogens is 3. The molecule has 1 N–H and O–H groups in total. The van der Waals surface area contributed by atoms with E-state index < -0.39 is 0 Å². The van der Waals surface area contributed by atoms with Gasteiger partial charge in [-0.1, -0.05) is 23.4 Å². The second kappa shape index (κ2) is 8.74. The maximum absolute atomic E-state index is 5.86. The van der Waals surface area contributed by atoms with Gasteiger partial charge < -0.3 is 14.6 Å². The largest absolute Gasteiger partial charge is 0.493 e. The predicted molar refractivity (Wildman–Crippen MR) is 98.0 cm³/mol. The molecule has 0 aliphatic carbocycles. The maximum atomic E-state index is 5.86. The molecule has 7 heteroatoms. The summed E-state index contributed by atoms with van der Waals surface area (Å²) in [6.45, 7) is 2.86. The van der Waals surface area contributed by atoms with Crippen molar-refractivity contribution in [2.24, 2.45) is 13.0 Å². The normalized spacial score (nSPS) is 15.6. The Kier molecular flexibility index (Phi) is 6.40. The van der Waals surface area contributed by atoms with E-state index in [4.69, 9.17) is 16.3 Å². The van der Waals surface area contributed by atoms with E-state index in [0.717, 1.165) is 52.9 Å². The van der Waals surface area contributed by atoms with Gasteiger partial charge in [-0.2, -0.15) is 0 Å². The lowest BCUT2D eigenvalue weighted by Crippen LogP contribution is -2.29. The maximum Gasteiger partial charge on any atom is 0.191 e. The quantitative estimate of drug-likeness (QED) is 0.602. The van der Waals surface area contributed by atoms with E-state index in [1.807, 2.05) is 24.3 Å². The van der Waals surface area contributed by atoms with Crippen molar-refractivity contribution in [3.63, 3.8) is 0 Å². The van der Waals surface area contributed by atoms with Gasteiger partial charge in [0.05, 0.1) is 6.61 Å². The van der Waals surface area contributed by atoms with E-state index >= 15 is 0 Å². The number of piperidine rings is 1. The molecule has 0 saturated carbocycles. The lowest BCUT2D eigenvalue weighted by atomic mass is 9.94. The number of thioether (sulfide) groups is 1. The summed E-state index contributed by atoms with van der Waals surface area (Å²) in [6.07, 6.45) is 3.47. The molecule has 1 aliphatic heterocycles. The van der Waals surface area contributed by atoms with Crippen LogP contribution in [0.4, 0.5) is 0 Å². The van der Waals surface area contributed by atoms with Crippen LogP contribution < -0.4 is 10.1 Å². The van der Waals surface area contributed by atoms with Gasteiger partial charge in [-0.25, -0.2) is 0 Å². The van der Waals surface area contributed by atoms with E-state index in [2.05, 4.69) is 27.1 Å². The highest BCUT2D eigenvalue weighted by atomic mass is 35.5. The summed E-state index contributed by atoms with van der Waals surface area (Å²) in [6, 6.07) is 7.43. The van der Waals surface area contributed by atoms with Gasteiger partial charge in [-0.15, -0.1) is 10.2 Å². The fourth-order valence-corrected chi connectivity index (χ4v) is 3.69. The van der Waals surface area contributed by atoms with Gasteiger partial charge in [-0.3, -0.25) is 0 Å². The summed E-state index contributed by atoms with van der Waals surface area (Å²) in [5, 5.41) is 13.8. The van der Waals surface area contributed by atoms with E-state index in [1.54, 1.807) is 11.8 Å². The number of nitrogens with zero attached hydrogens (tertiary/aromatic N) is 3. The zero-order valence-electron chi connectivity index (χ0n) is 13.9. The summed E-state index contributed by atoms with van der Waals surface area (Å²) in [5.41, 5.74) is 0. The molecule has 5 nitrogen and oxygen atoms in total. The second-order valence-corrected chi connectivity index (χ2v) is 7.50. The van der Waals surface area contributed by atoms with Crippen LogP contribution in [0.1, 0.15) is 18.7 Å². The molecule has 130 valence electrons. The van der Waals surface area contributed by atoms with Crippen molar-refractivity contribution in [1.29, 1.82) is 0 Å². The summed E-state index contributed by atoms with van der Waals surface area (Å²) >= 11 is 7.54. The molecule has 2 aromatic rings. The highest BCUT2D eigenvalue weighted by molar-refractivity contribution is 7.99. The Morgan fingerprint density at radius 1 is 1.25 bits per heavy atom. The minimum atomic E-state index is 0.628. The molecule has 0 amide bonds. The standard InChI is InChI=1S/C17H23ClN4OS/c1-22-16(12-13-6-8-19-9-7-13)20-21-17(22)24-11-10-23-15-4-2-14(18)3-5-15/h2-5,13,19H,6-12H2,1H3. The number of hydrogen-bond donors (Lipinski definition) is 1. The smallest absolute Gasteiger partial charge is 0.191 e. The SMILES string of the molecule is Cn1c(CC2CCNCC2)nnc1SCCOc1ccc(Cl)cc1. The molecule has 3 rings (SSSR count). The first-order chi connectivity index (χ1) is 11.7. The lowest BCUT2D eigenvalue weighted by Gasteiger charge is -2.21. The Morgan fingerprint density at radius 3 is 2.75 bits per heavy atom. The predicted octanol–water partition coefficient (Wildman–Crippen LogP) is 3.18. The Morgan fingerprint density at radius 2 is 2.00 bits per heavy atom. The zero-order valence-corrected chi connectivity index (χ0v) is 15.4. The minimum Gasteiger partial charge on any atom is -0.493 e. The molecule has 1 aromatic heterocycles. The summed E-state index contributed by atoms with van der Waals surface area (Å²) < 4.78 is 7.83. The Hall–Kier alpha value is -1.24. The molecule has 2 heterocycles. The van der Waals surface area contributed by atoms with Gasteiger partial charge in [-0.05, 0) is 56.1 Å². The first-order valence-electron chi connectivity index (χ1n) is 8.32. The van der Waals surface area contributed by atoms with Crippen LogP contribution in [-0.2, 0) is 13.5 Å². The third-order valence-electron chi connectivity index (χ3n) is 4.25. The zero-order chi connectivity index (χ0) is 16.8. The molecule has 0 radical (unpaired) electrons. The molecule has 0 spiro atoms. The van der Waals surface area contributed by atoms with Gasteiger partial charge >= 0.3 is 0 Å². The van der Waals surface area contributed by atoms with Gasteiger partial charge in [0.25, 0.3) is 0 Å². The van der Waals surface area contributed by atoms with Crippen molar-refractivity contribution in [2.45, 2.75) is 24.4 Å². The van der Waals surface area contributed by atoms with E-state index in [0.29, 0.717) is 6.61 Å². The monoisotopic (exact) mass is 366 g/mol. The summed E-state index contributed by atoms with van der Waals surface area (Å²) in [5.74, 6) is 3.48. The Bertz CT molecular complexity index is 641. The van der Waals surface area contributed by atoms with Crippen LogP contribution in [0, 0.1) is 5.92 Å². The third kappa shape index (κ3) is 4.88. The molecule has 0 unspecified atom stereocenters. The fraction of sp³-hybridized carbons (Fsp3) is 0.529. The van der Waals surface area contributed by atoms with Crippen LogP contribution >= 0.6 is 23.4 Å². The topological polar surface area (TPSA) is 52.0 Å². The van der Waals surface area contributed by atoms with Crippen LogP contribution in [0.15, 0.2) is 29.4 Å².